The second-order valence-electron chi connectivity index (χ2n) is 0.845. The number of halogens is 1. The van der Waals surface area contributed by atoms with Crippen molar-refractivity contribution in [3.63, 3.8) is 0 Å². The summed E-state index contributed by atoms with van der Waals surface area (Å²) < 4.78 is 0.863. The summed E-state index contributed by atoms with van der Waals surface area (Å²) in [6, 6.07) is 1.71. The Bertz CT molecular complexity index is 112. The van der Waals surface area contributed by atoms with Crippen molar-refractivity contribution in [3.05, 3.63) is 16.9 Å². The third-order valence-electron chi connectivity index (χ3n) is 0.419. The first-order valence-corrected chi connectivity index (χ1v) is 2.26. The number of aromatic nitrogens is 2. The maximum absolute atomic E-state index is 3.52. The number of aromatic amines is 1. The lowest BCUT2D eigenvalue weighted by Gasteiger charge is -1.64. The molecular weight excluding hydrogens is 144 g/mol. The Kier molecular flexibility index (Phi) is 0.919. The molecule has 0 fully saturated rings. The van der Waals surface area contributed by atoms with Gasteiger partial charge in [0.15, 0.2) is 0 Å². The Morgan fingerprint density at radius 1 is 2.00 bits per heavy atom. The minimum absolute atomic E-state index is 0.863. The van der Waals surface area contributed by atoms with Gasteiger partial charge in [0.1, 0.15) is 10.8 Å². The molecule has 0 aliphatic carbocycles. The zero-order chi connectivity index (χ0) is 4.41. The molecule has 0 atom stereocenters. The van der Waals surface area contributed by atoms with Gasteiger partial charge in [0.05, 0.1) is 0 Å². The van der Waals surface area contributed by atoms with Gasteiger partial charge in [-0.2, -0.15) is 5.10 Å². The zero-order valence-electron chi connectivity index (χ0n) is 2.90. The van der Waals surface area contributed by atoms with Gasteiger partial charge in [0, 0.05) is 0 Å². The normalized spacial score (nSPS) is 8.83. The first kappa shape index (κ1) is 3.87. The van der Waals surface area contributed by atoms with Crippen LogP contribution in [0, 0.1) is 6.20 Å². The minimum atomic E-state index is 0.863. The molecule has 2 nitrogen and oxygen atoms in total. The SMILES string of the molecule is Brc1c[c]n[nH]1. The van der Waals surface area contributed by atoms with Crippen LogP contribution < -0.4 is 0 Å². The largest absolute Gasteiger partial charge is 0.271 e. The molecule has 1 aromatic rings. The van der Waals surface area contributed by atoms with Crippen LogP contribution in [-0.2, 0) is 0 Å². The van der Waals surface area contributed by atoms with E-state index >= 15 is 0 Å². The molecule has 1 aromatic heterocycles. The molecule has 1 radical (unpaired) electrons. The number of H-pyrrole nitrogens is 1. The standard InChI is InChI=1S/C3H2BrN2/c4-3-1-2-5-6-3/h1H,(H,5,6). The predicted molar refractivity (Wildman–Crippen MR) is 25.1 cm³/mol. The van der Waals surface area contributed by atoms with Gasteiger partial charge in [-0.3, -0.25) is 5.10 Å². The van der Waals surface area contributed by atoms with E-state index in [9.17, 15) is 0 Å². The average molecular weight is 146 g/mol. The van der Waals surface area contributed by atoms with Crippen LogP contribution in [0.3, 0.4) is 0 Å². The monoisotopic (exact) mass is 145 g/mol. The Labute approximate surface area is 43.7 Å². The summed E-state index contributed by atoms with van der Waals surface area (Å²) in [6.07, 6.45) is 2.58. The van der Waals surface area contributed by atoms with E-state index in [1.54, 1.807) is 6.07 Å². The first-order chi connectivity index (χ1) is 2.89. The molecule has 1 N–H and O–H groups in total. The Morgan fingerprint density at radius 3 is 3.00 bits per heavy atom. The third-order valence-corrected chi connectivity index (χ3v) is 0.825. The molecule has 3 heteroatoms. The molecule has 0 saturated heterocycles. The van der Waals surface area contributed by atoms with Crippen molar-refractivity contribution in [2.24, 2.45) is 0 Å². The topological polar surface area (TPSA) is 28.7 Å². The molecule has 0 aliphatic rings. The molecule has 0 aliphatic heterocycles. The lowest BCUT2D eigenvalue weighted by molar-refractivity contribution is 1.06. The van der Waals surface area contributed by atoms with Gasteiger partial charge in [-0.25, -0.2) is 0 Å². The summed E-state index contributed by atoms with van der Waals surface area (Å²) >= 11 is 3.13. The third kappa shape index (κ3) is 0.597. The smallest absolute Gasteiger partial charge is 0.114 e. The Morgan fingerprint density at radius 2 is 2.83 bits per heavy atom. The highest BCUT2D eigenvalue weighted by Crippen LogP contribution is 1.98. The fraction of sp³-hybridized carbons (Fsp3) is 0. The first-order valence-electron chi connectivity index (χ1n) is 1.46. The van der Waals surface area contributed by atoms with E-state index in [4.69, 9.17) is 0 Å². The summed E-state index contributed by atoms with van der Waals surface area (Å²) in [6.45, 7) is 0. The minimum Gasteiger partial charge on any atom is -0.271 e. The molecule has 1 rings (SSSR count). The second kappa shape index (κ2) is 1.43. The number of nitrogens with zero attached hydrogens (tertiary/aromatic N) is 1. The lowest BCUT2D eigenvalue weighted by atomic mass is 10.8. The van der Waals surface area contributed by atoms with Gasteiger partial charge in [-0.15, -0.1) is 0 Å². The highest BCUT2D eigenvalue weighted by atomic mass is 79.9. The van der Waals surface area contributed by atoms with Crippen LogP contribution in [0.1, 0.15) is 0 Å². The molecular formula is C3H2BrN2. The number of nitrogens with one attached hydrogen (secondary N) is 1. The number of hydrogen-bond acceptors (Lipinski definition) is 1. The van der Waals surface area contributed by atoms with E-state index in [0.717, 1.165) is 4.60 Å². The summed E-state index contributed by atoms with van der Waals surface area (Å²) in [5.74, 6) is 0. The fourth-order valence-corrected chi connectivity index (χ4v) is 0.398. The quantitative estimate of drug-likeness (QED) is 0.580. The van der Waals surface area contributed by atoms with E-state index in [-0.39, 0.29) is 0 Å². The van der Waals surface area contributed by atoms with Crippen LogP contribution in [0.5, 0.6) is 0 Å². The van der Waals surface area contributed by atoms with Crippen LogP contribution in [-0.4, -0.2) is 10.2 Å². The van der Waals surface area contributed by atoms with Crippen molar-refractivity contribution in [2.45, 2.75) is 0 Å². The van der Waals surface area contributed by atoms with Crippen LogP contribution in [0.25, 0.3) is 0 Å². The Hall–Kier alpha value is -0.310. The van der Waals surface area contributed by atoms with Gasteiger partial charge in [-0.1, -0.05) is 0 Å². The van der Waals surface area contributed by atoms with Crippen LogP contribution in [0.4, 0.5) is 0 Å². The lowest BCUT2D eigenvalue weighted by Crippen LogP contribution is -1.59. The Balaban J connectivity index is 3.05. The summed E-state index contributed by atoms with van der Waals surface area (Å²) in [4.78, 5) is 0. The molecule has 0 aromatic carbocycles. The van der Waals surface area contributed by atoms with Crippen molar-refractivity contribution in [2.75, 3.05) is 0 Å². The molecule has 0 spiro atoms. The summed E-state index contributed by atoms with van der Waals surface area (Å²) in [5.41, 5.74) is 0. The molecule has 31 valence electrons. The second-order valence-corrected chi connectivity index (χ2v) is 1.70. The van der Waals surface area contributed by atoms with Gasteiger partial charge >= 0.3 is 0 Å². The van der Waals surface area contributed by atoms with Gasteiger partial charge < -0.3 is 0 Å². The van der Waals surface area contributed by atoms with Crippen LogP contribution in [0.15, 0.2) is 10.7 Å². The maximum Gasteiger partial charge on any atom is 0.114 e. The van der Waals surface area contributed by atoms with Gasteiger partial charge in [-0.05, 0) is 22.0 Å². The molecule has 0 saturated carbocycles. The number of rotatable bonds is 0. The maximum atomic E-state index is 3.52. The van der Waals surface area contributed by atoms with E-state index < -0.39 is 0 Å². The highest BCUT2D eigenvalue weighted by Gasteiger charge is 1.77. The number of hydrogen-bond donors (Lipinski definition) is 1. The van der Waals surface area contributed by atoms with Crippen molar-refractivity contribution in [1.29, 1.82) is 0 Å². The summed E-state index contributed by atoms with van der Waals surface area (Å²) in [7, 11) is 0. The fourth-order valence-electron chi connectivity index (χ4n) is 0.207. The average Bonchev–Trinajstić information content (AvgIpc) is 1.86. The van der Waals surface area contributed by atoms with E-state index in [2.05, 4.69) is 32.3 Å². The van der Waals surface area contributed by atoms with Gasteiger partial charge in [0.2, 0.25) is 0 Å². The van der Waals surface area contributed by atoms with Gasteiger partial charge in [0.25, 0.3) is 0 Å². The van der Waals surface area contributed by atoms with E-state index in [1.165, 1.54) is 0 Å². The van der Waals surface area contributed by atoms with Crippen LogP contribution in [0.2, 0.25) is 0 Å². The van der Waals surface area contributed by atoms with Crippen LogP contribution >= 0.6 is 15.9 Å². The zero-order valence-corrected chi connectivity index (χ0v) is 4.49. The highest BCUT2D eigenvalue weighted by molar-refractivity contribution is 9.10. The van der Waals surface area contributed by atoms with E-state index in [1.807, 2.05) is 0 Å². The molecule has 0 bridgehead atoms. The van der Waals surface area contributed by atoms with E-state index in [0.29, 0.717) is 0 Å². The molecule has 0 amide bonds. The predicted octanol–water partition coefficient (Wildman–Crippen LogP) is 0.972. The van der Waals surface area contributed by atoms with Crippen molar-refractivity contribution < 1.29 is 0 Å². The molecule has 6 heavy (non-hydrogen) atoms. The van der Waals surface area contributed by atoms with Crippen molar-refractivity contribution in [1.82, 2.24) is 10.2 Å². The summed E-state index contributed by atoms with van der Waals surface area (Å²) in [5, 5.41) is 6.14. The van der Waals surface area contributed by atoms with Crippen molar-refractivity contribution in [3.8, 4) is 0 Å². The molecule has 0 unspecified atom stereocenters. The molecule has 1 heterocycles. The van der Waals surface area contributed by atoms with Crippen molar-refractivity contribution >= 4 is 15.9 Å².